The third kappa shape index (κ3) is 4.23. The zero-order valence-electron chi connectivity index (χ0n) is 10.1. The maximum atomic E-state index is 13.0. The topological polar surface area (TPSA) is 55.1 Å². The summed E-state index contributed by atoms with van der Waals surface area (Å²) in [7, 11) is 0. The Kier molecular flexibility index (Phi) is 5.56. The first-order chi connectivity index (χ1) is 8.31. The Morgan fingerprint density at radius 3 is 2.67 bits per heavy atom. The molecule has 0 bridgehead atoms. The van der Waals surface area contributed by atoms with Crippen LogP contribution in [-0.2, 0) is 4.79 Å². The first-order valence-electron chi connectivity index (χ1n) is 5.52. The molecule has 1 atom stereocenters. The van der Waals surface area contributed by atoms with Gasteiger partial charge in [0.2, 0.25) is 5.91 Å². The highest BCUT2D eigenvalue weighted by Gasteiger charge is 2.18. The monoisotopic (exact) mass is 336 g/mol. The first kappa shape index (κ1) is 15.4. The van der Waals surface area contributed by atoms with E-state index in [1.54, 1.807) is 0 Å². The van der Waals surface area contributed by atoms with E-state index in [9.17, 15) is 9.18 Å². The number of hydrogen-bond acceptors (Lipinski definition) is 2. The lowest BCUT2D eigenvalue weighted by molar-refractivity contribution is -0.117. The molecule has 0 saturated carbocycles. The lowest BCUT2D eigenvalue weighted by Crippen LogP contribution is -2.36. The second kappa shape index (κ2) is 6.50. The number of amides is 1. The Balaban J connectivity index is 2.82. The van der Waals surface area contributed by atoms with E-state index in [2.05, 4.69) is 21.2 Å². The molecule has 0 aliphatic heterocycles. The summed E-state index contributed by atoms with van der Waals surface area (Å²) >= 11 is 9.01. The van der Waals surface area contributed by atoms with E-state index in [1.807, 2.05) is 13.8 Å². The molecule has 0 heterocycles. The van der Waals surface area contributed by atoms with Crippen molar-refractivity contribution in [3.05, 3.63) is 27.4 Å². The van der Waals surface area contributed by atoms with E-state index >= 15 is 0 Å². The van der Waals surface area contributed by atoms with Crippen LogP contribution in [0.25, 0.3) is 0 Å². The predicted octanol–water partition coefficient (Wildman–Crippen LogP) is 3.55. The number of anilines is 1. The molecule has 0 saturated heterocycles. The molecule has 1 amide bonds. The fourth-order valence-corrected chi connectivity index (χ4v) is 2.39. The number of carbonyl (C=O) groups is 1. The van der Waals surface area contributed by atoms with Crippen LogP contribution in [0.3, 0.4) is 0 Å². The van der Waals surface area contributed by atoms with Crippen LogP contribution in [0.15, 0.2) is 16.6 Å². The number of rotatable bonds is 4. The molecule has 0 aromatic heterocycles. The van der Waals surface area contributed by atoms with Gasteiger partial charge in [-0.25, -0.2) is 4.39 Å². The second-order valence-corrected chi connectivity index (χ2v) is 5.73. The van der Waals surface area contributed by atoms with E-state index in [4.69, 9.17) is 17.3 Å². The van der Waals surface area contributed by atoms with E-state index in [1.165, 1.54) is 6.07 Å². The minimum atomic E-state index is -0.613. The van der Waals surface area contributed by atoms with Crippen molar-refractivity contribution < 1.29 is 9.18 Å². The van der Waals surface area contributed by atoms with Crippen LogP contribution in [0.5, 0.6) is 0 Å². The molecule has 0 unspecified atom stereocenters. The molecular weight excluding hydrogens is 322 g/mol. The van der Waals surface area contributed by atoms with Gasteiger partial charge in [0.25, 0.3) is 0 Å². The summed E-state index contributed by atoms with van der Waals surface area (Å²) in [6.07, 6.45) is 0.572. The molecule has 18 heavy (non-hydrogen) atoms. The Labute approximate surface area is 119 Å². The lowest BCUT2D eigenvalue weighted by atomic mass is 10.0. The summed E-state index contributed by atoms with van der Waals surface area (Å²) in [4.78, 5) is 11.8. The van der Waals surface area contributed by atoms with Crippen LogP contribution >= 0.6 is 27.5 Å². The number of carbonyl (C=O) groups excluding carboxylic acids is 1. The summed E-state index contributed by atoms with van der Waals surface area (Å²) in [5.41, 5.74) is 6.09. The van der Waals surface area contributed by atoms with Crippen LogP contribution < -0.4 is 11.1 Å². The molecule has 0 radical (unpaired) electrons. The third-order valence-corrected chi connectivity index (χ3v) is 3.24. The molecule has 1 rings (SSSR count). The highest BCUT2D eigenvalue weighted by Crippen LogP contribution is 2.31. The molecule has 0 fully saturated rings. The molecule has 3 nitrogen and oxygen atoms in total. The highest BCUT2D eigenvalue weighted by atomic mass is 79.9. The summed E-state index contributed by atoms with van der Waals surface area (Å²) in [5, 5.41) is 2.73. The summed E-state index contributed by atoms with van der Waals surface area (Å²) in [5.74, 6) is -0.493. The lowest BCUT2D eigenvalue weighted by Gasteiger charge is -2.15. The third-order valence-electron chi connectivity index (χ3n) is 2.32. The largest absolute Gasteiger partial charge is 0.322 e. The average molecular weight is 338 g/mol. The van der Waals surface area contributed by atoms with Gasteiger partial charge in [0, 0.05) is 4.47 Å². The fraction of sp³-hybridized carbons (Fsp3) is 0.417. The van der Waals surface area contributed by atoms with Gasteiger partial charge in [0.15, 0.2) is 0 Å². The normalized spacial score (nSPS) is 12.6. The molecule has 0 aliphatic rings. The van der Waals surface area contributed by atoms with Gasteiger partial charge in [-0.05, 0) is 40.4 Å². The van der Waals surface area contributed by atoms with Gasteiger partial charge in [0.1, 0.15) is 5.82 Å². The van der Waals surface area contributed by atoms with Crippen molar-refractivity contribution in [2.24, 2.45) is 11.7 Å². The molecular formula is C12H15BrClFN2O. The minimum Gasteiger partial charge on any atom is -0.322 e. The Morgan fingerprint density at radius 1 is 1.56 bits per heavy atom. The van der Waals surface area contributed by atoms with E-state index in [-0.39, 0.29) is 10.9 Å². The highest BCUT2D eigenvalue weighted by molar-refractivity contribution is 9.10. The summed E-state index contributed by atoms with van der Waals surface area (Å²) < 4.78 is 13.4. The fourth-order valence-electron chi connectivity index (χ4n) is 1.49. The van der Waals surface area contributed by atoms with Crippen LogP contribution in [0.4, 0.5) is 10.1 Å². The Hall–Kier alpha value is -0.650. The van der Waals surface area contributed by atoms with Gasteiger partial charge in [-0.2, -0.15) is 0 Å². The van der Waals surface area contributed by atoms with Crippen molar-refractivity contribution in [3.63, 3.8) is 0 Å². The maximum Gasteiger partial charge on any atom is 0.241 e. The van der Waals surface area contributed by atoms with Crippen molar-refractivity contribution >= 4 is 39.1 Å². The van der Waals surface area contributed by atoms with Crippen LogP contribution in [0.1, 0.15) is 20.3 Å². The van der Waals surface area contributed by atoms with Crippen molar-refractivity contribution in [1.82, 2.24) is 0 Å². The molecule has 0 spiro atoms. The number of benzene rings is 1. The number of nitrogens with one attached hydrogen (secondary N) is 1. The zero-order chi connectivity index (χ0) is 13.9. The molecule has 0 aliphatic carbocycles. The van der Waals surface area contributed by atoms with Crippen molar-refractivity contribution in [2.75, 3.05) is 5.32 Å². The molecule has 1 aromatic rings. The number of nitrogens with two attached hydrogens (primary N) is 1. The van der Waals surface area contributed by atoms with Gasteiger partial charge < -0.3 is 11.1 Å². The van der Waals surface area contributed by atoms with Gasteiger partial charge in [0.05, 0.1) is 16.8 Å². The minimum absolute atomic E-state index is 0.131. The zero-order valence-corrected chi connectivity index (χ0v) is 12.5. The Morgan fingerprint density at radius 2 is 2.17 bits per heavy atom. The SMILES string of the molecule is CC(C)C[C@H](N)C(=O)Nc1c(Cl)cc(F)cc1Br. The number of hydrogen-bond donors (Lipinski definition) is 2. The van der Waals surface area contributed by atoms with Gasteiger partial charge >= 0.3 is 0 Å². The quantitative estimate of drug-likeness (QED) is 0.882. The van der Waals surface area contributed by atoms with Crippen molar-refractivity contribution in [2.45, 2.75) is 26.3 Å². The van der Waals surface area contributed by atoms with E-state index in [0.29, 0.717) is 22.5 Å². The molecule has 100 valence electrons. The standard InChI is InChI=1S/C12H15BrClFN2O/c1-6(2)3-10(16)12(18)17-11-8(13)4-7(15)5-9(11)14/h4-6,10H,3,16H2,1-2H3,(H,17,18)/t10-/m0/s1. The molecule has 3 N–H and O–H groups in total. The van der Waals surface area contributed by atoms with E-state index < -0.39 is 11.9 Å². The molecule has 6 heteroatoms. The van der Waals surface area contributed by atoms with E-state index in [0.717, 1.165) is 6.07 Å². The van der Waals surface area contributed by atoms with Gasteiger partial charge in [-0.3, -0.25) is 4.79 Å². The summed E-state index contributed by atoms with van der Waals surface area (Å²) in [6.45, 7) is 3.96. The number of halogens is 3. The van der Waals surface area contributed by atoms with Crippen LogP contribution in [0, 0.1) is 11.7 Å². The maximum absolute atomic E-state index is 13.0. The van der Waals surface area contributed by atoms with Crippen LogP contribution in [0.2, 0.25) is 5.02 Å². The average Bonchev–Trinajstić information content (AvgIpc) is 2.21. The molecule has 1 aromatic carbocycles. The summed E-state index contributed by atoms with van der Waals surface area (Å²) in [6, 6.07) is 1.75. The van der Waals surface area contributed by atoms with Gasteiger partial charge in [-0.15, -0.1) is 0 Å². The van der Waals surface area contributed by atoms with Gasteiger partial charge in [-0.1, -0.05) is 25.4 Å². The van der Waals surface area contributed by atoms with Crippen LogP contribution in [-0.4, -0.2) is 11.9 Å². The smallest absolute Gasteiger partial charge is 0.241 e. The first-order valence-corrected chi connectivity index (χ1v) is 6.69. The van der Waals surface area contributed by atoms with Crippen molar-refractivity contribution in [1.29, 1.82) is 0 Å². The second-order valence-electron chi connectivity index (χ2n) is 4.47. The van der Waals surface area contributed by atoms with Crippen molar-refractivity contribution in [3.8, 4) is 0 Å². The Bertz CT molecular complexity index is 431. The predicted molar refractivity (Wildman–Crippen MR) is 75.2 cm³/mol.